The molecule has 1 amide bonds. The van der Waals surface area contributed by atoms with Crippen LogP contribution in [0.4, 0.5) is 0 Å². The Hall–Kier alpha value is -3.32. The normalized spacial score (nSPS) is 15.5. The molecule has 0 spiro atoms. The van der Waals surface area contributed by atoms with Crippen molar-refractivity contribution in [3.05, 3.63) is 64.8 Å². The summed E-state index contributed by atoms with van der Waals surface area (Å²) < 4.78 is 10.8. The number of H-pyrrole nitrogens is 1. The van der Waals surface area contributed by atoms with E-state index in [0.717, 1.165) is 27.9 Å². The SMILES string of the molecule is CCOc1cc(C2c3c(-c4ccc(C)cc4)n[nH]c3C(=O)N2CCOC)ccc1O. The molecule has 0 aliphatic carbocycles. The summed E-state index contributed by atoms with van der Waals surface area (Å²) in [6.07, 6.45) is 0. The van der Waals surface area contributed by atoms with Crippen LogP contribution in [0.2, 0.25) is 0 Å². The van der Waals surface area contributed by atoms with Crippen molar-refractivity contribution in [1.29, 1.82) is 0 Å². The monoisotopic (exact) mass is 407 g/mol. The van der Waals surface area contributed by atoms with Crippen LogP contribution in [-0.4, -0.2) is 53.0 Å². The molecule has 0 saturated heterocycles. The second-order valence-electron chi connectivity index (χ2n) is 7.28. The lowest BCUT2D eigenvalue weighted by Gasteiger charge is -2.26. The number of carbonyl (C=O) groups excluding carboxylic acids is 1. The van der Waals surface area contributed by atoms with Crippen molar-refractivity contribution in [3.63, 3.8) is 0 Å². The van der Waals surface area contributed by atoms with Gasteiger partial charge in [-0.1, -0.05) is 35.9 Å². The summed E-state index contributed by atoms with van der Waals surface area (Å²) in [7, 11) is 1.61. The highest BCUT2D eigenvalue weighted by atomic mass is 16.5. The van der Waals surface area contributed by atoms with E-state index in [1.54, 1.807) is 24.1 Å². The summed E-state index contributed by atoms with van der Waals surface area (Å²) in [5.74, 6) is 0.339. The van der Waals surface area contributed by atoms with Gasteiger partial charge in [-0.15, -0.1) is 0 Å². The van der Waals surface area contributed by atoms with E-state index in [1.165, 1.54) is 0 Å². The number of aromatic nitrogens is 2. The van der Waals surface area contributed by atoms with Gasteiger partial charge in [0.2, 0.25) is 0 Å². The number of amides is 1. The molecule has 1 aliphatic rings. The van der Waals surface area contributed by atoms with Crippen LogP contribution in [0, 0.1) is 6.92 Å². The maximum absolute atomic E-state index is 13.2. The minimum atomic E-state index is -0.363. The molecular weight excluding hydrogens is 382 g/mol. The molecule has 156 valence electrons. The predicted octanol–water partition coefficient (Wildman–Crippen LogP) is 3.68. The lowest BCUT2D eigenvalue weighted by atomic mass is 9.95. The van der Waals surface area contributed by atoms with Crippen molar-refractivity contribution in [1.82, 2.24) is 15.1 Å². The van der Waals surface area contributed by atoms with Crippen LogP contribution < -0.4 is 4.74 Å². The number of hydrogen-bond donors (Lipinski definition) is 2. The van der Waals surface area contributed by atoms with Gasteiger partial charge < -0.3 is 19.5 Å². The fourth-order valence-corrected chi connectivity index (χ4v) is 3.87. The maximum Gasteiger partial charge on any atom is 0.273 e. The summed E-state index contributed by atoms with van der Waals surface area (Å²) in [6.45, 7) is 5.17. The summed E-state index contributed by atoms with van der Waals surface area (Å²) in [4.78, 5) is 15.0. The van der Waals surface area contributed by atoms with Gasteiger partial charge in [-0.2, -0.15) is 5.10 Å². The van der Waals surface area contributed by atoms with Crippen molar-refractivity contribution in [3.8, 4) is 22.8 Å². The van der Waals surface area contributed by atoms with E-state index in [4.69, 9.17) is 9.47 Å². The predicted molar refractivity (Wildman–Crippen MR) is 113 cm³/mol. The average Bonchev–Trinajstić information content (AvgIpc) is 3.28. The smallest absolute Gasteiger partial charge is 0.273 e. The fraction of sp³-hybridized carbons (Fsp3) is 0.304. The van der Waals surface area contributed by atoms with Crippen molar-refractivity contribution < 1.29 is 19.4 Å². The number of nitrogens with zero attached hydrogens (tertiary/aromatic N) is 2. The van der Waals surface area contributed by atoms with Gasteiger partial charge >= 0.3 is 0 Å². The highest BCUT2D eigenvalue weighted by Gasteiger charge is 2.42. The number of fused-ring (bicyclic) bond motifs is 1. The van der Waals surface area contributed by atoms with E-state index in [0.29, 0.717) is 31.2 Å². The number of aromatic hydroxyl groups is 1. The number of phenols is 1. The topological polar surface area (TPSA) is 87.7 Å². The molecule has 0 saturated carbocycles. The molecule has 2 N–H and O–H groups in total. The third-order valence-electron chi connectivity index (χ3n) is 5.32. The lowest BCUT2D eigenvalue weighted by molar-refractivity contribution is 0.0677. The minimum absolute atomic E-state index is 0.0690. The van der Waals surface area contributed by atoms with Gasteiger partial charge in [0.05, 0.1) is 24.9 Å². The number of methoxy groups -OCH3 is 1. The first-order valence-electron chi connectivity index (χ1n) is 9.96. The Balaban J connectivity index is 1.85. The Morgan fingerprint density at radius 1 is 1.20 bits per heavy atom. The Morgan fingerprint density at radius 2 is 1.97 bits per heavy atom. The third-order valence-corrected chi connectivity index (χ3v) is 5.32. The standard InChI is InChI=1S/C23H25N3O4/c1-4-30-18-13-16(9-10-17(18)27)22-19-20(15-7-5-14(2)6-8-15)24-25-21(19)23(28)26(22)11-12-29-3/h5-10,13,22,27H,4,11-12H2,1-3H3,(H,24,25). The van der Waals surface area contributed by atoms with E-state index in [-0.39, 0.29) is 17.7 Å². The summed E-state index contributed by atoms with van der Waals surface area (Å²) in [5.41, 5.74) is 4.99. The zero-order chi connectivity index (χ0) is 21.3. The molecule has 7 heteroatoms. The van der Waals surface area contributed by atoms with Gasteiger partial charge in [0.25, 0.3) is 5.91 Å². The molecule has 0 fully saturated rings. The van der Waals surface area contributed by atoms with E-state index in [9.17, 15) is 9.90 Å². The van der Waals surface area contributed by atoms with Crippen molar-refractivity contribution in [2.45, 2.75) is 19.9 Å². The highest BCUT2D eigenvalue weighted by Crippen LogP contribution is 2.44. The van der Waals surface area contributed by atoms with Gasteiger partial charge in [-0.05, 0) is 31.5 Å². The second kappa shape index (κ2) is 8.20. The zero-order valence-electron chi connectivity index (χ0n) is 17.3. The quantitative estimate of drug-likeness (QED) is 0.624. The second-order valence-corrected chi connectivity index (χ2v) is 7.28. The zero-order valence-corrected chi connectivity index (χ0v) is 17.3. The van der Waals surface area contributed by atoms with Crippen molar-refractivity contribution in [2.24, 2.45) is 0 Å². The van der Waals surface area contributed by atoms with Crippen LogP contribution in [0.15, 0.2) is 42.5 Å². The summed E-state index contributed by atoms with van der Waals surface area (Å²) in [6, 6.07) is 12.9. The molecule has 4 rings (SSSR count). The van der Waals surface area contributed by atoms with Crippen molar-refractivity contribution in [2.75, 3.05) is 26.9 Å². The van der Waals surface area contributed by atoms with Crippen LogP contribution in [-0.2, 0) is 4.74 Å². The first kappa shape index (κ1) is 20.0. The number of hydrogen-bond acceptors (Lipinski definition) is 5. The number of aryl methyl sites for hydroxylation is 1. The van der Waals surface area contributed by atoms with Gasteiger partial charge in [0.15, 0.2) is 11.5 Å². The number of aromatic amines is 1. The molecule has 2 heterocycles. The van der Waals surface area contributed by atoms with Crippen molar-refractivity contribution >= 4 is 5.91 Å². The van der Waals surface area contributed by atoms with Crippen LogP contribution in [0.5, 0.6) is 11.5 Å². The van der Waals surface area contributed by atoms with E-state index in [1.807, 2.05) is 44.2 Å². The molecule has 0 radical (unpaired) electrons. The first-order chi connectivity index (χ1) is 14.5. The van der Waals surface area contributed by atoms with Gasteiger partial charge in [0.1, 0.15) is 5.69 Å². The number of benzene rings is 2. The lowest BCUT2D eigenvalue weighted by Crippen LogP contribution is -2.32. The van der Waals surface area contributed by atoms with E-state index in [2.05, 4.69) is 10.2 Å². The molecule has 1 atom stereocenters. The van der Waals surface area contributed by atoms with Gasteiger partial charge in [0, 0.05) is 24.8 Å². The molecule has 3 aromatic rings. The van der Waals surface area contributed by atoms with E-state index < -0.39 is 0 Å². The Morgan fingerprint density at radius 3 is 2.67 bits per heavy atom. The number of rotatable bonds is 7. The molecule has 2 aromatic carbocycles. The minimum Gasteiger partial charge on any atom is -0.504 e. The first-order valence-corrected chi connectivity index (χ1v) is 9.96. The molecule has 30 heavy (non-hydrogen) atoms. The number of nitrogens with one attached hydrogen (secondary N) is 1. The average molecular weight is 407 g/mol. The van der Waals surface area contributed by atoms with E-state index >= 15 is 0 Å². The number of phenolic OH excluding ortho intramolecular Hbond substituents is 1. The molecular formula is C23H25N3O4. The van der Waals surface area contributed by atoms with Crippen LogP contribution in [0.25, 0.3) is 11.3 Å². The fourth-order valence-electron chi connectivity index (χ4n) is 3.87. The summed E-state index contributed by atoms with van der Waals surface area (Å²) in [5, 5.41) is 17.6. The van der Waals surface area contributed by atoms with Gasteiger partial charge in [-0.3, -0.25) is 9.89 Å². The molecule has 1 unspecified atom stereocenters. The molecule has 7 nitrogen and oxygen atoms in total. The molecule has 0 bridgehead atoms. The van der Waals surface area contributed by atoms with Crippen LogP contribution >= 0.6 is 0 Å². The Labute approximate surface area is 175 Å². The maximum atomic E-state index is 13.2. The molecule has 1 aromatic heterocycles. The van der Waals surface area contributed by atoms with Gasteiger partial charge in [-0.25, -0.2) is 0 Å². The Bertz CT molecular complexity index is 1060. The number of ether oxygens (including phenoxy) is 2. The largest absolute Gasteiger partial charge is 0.504 e. The highest BCUT2D eigenvalue weighted by molar-refractivity contribution is 6.00. The Kier molecular flexibility index (Phi) is 5.46. The van der Waals surface area contributed by atoms with Crippen LogP contribution in [0.3, 0.4) is 0 Å². The van der Waals surface area contributed by atoms with Crippen LogP contribution in [0.1, 0.15) is 40.1 Å². The number of carbonyl (C=O) groups is 1. The summed E-state index contributed by atoms with van der Waals surface area (Å²) >= 11 is 0. The third kappa shape index (κ3) is 3.41. The molecule has 1 aliphatic heterocycles.